The standard InChI is InChI=1S/C52H56Cl2N8O4S/c1-33(63)59-19-23-61(24-20-59)47(65)17-11-35-9-15-45(51(53)49(35)37-7-13-43-41(27-37)39(29-55-43)31-57(3)4)67-46-16-10-36(12-18-48(66)62-25-21-60(22-26-62)34(2)64)50(52(46)54)38-8-14-44-42(28-38)40(30-56-44)32-58(5)6/h7-18,27-30,55-56H,19-26,31-32H2,1-6H3/b17-11+,18-12+. The predicted octanol–water partition coefficient (Wildman–Crippen LogP) is 8.97. The van der Waals surface area contributed by atoms with E-state index in [2.05, 4.69) is 44.0 Å². The lowest BCUT2D eigenvalue weighted by Gasteiger charge is -2.33. The van der Waals surface area contributed by atoms with Crippen LogP contribution in [0.25, 0.3) is 56.2 Å². The maximum absolute atomic E-state index is 13.5. The number of fused-ring (bicyclic) bond motifs is 2. The number of halogens is 2. The number of nitrogens with zero attached hydrogens (tertiary/aromatic N) is 6. The van der Waals surface area contributed by atoms with Gasteiger partial charge < -0.3 is 39.4 Å². The number of H-pyrrole nitrogens is 2. The normalized spacial score (nSPS) is 14.8. The first-order valence-corrected chi connectivity index (χ1v) is 24.0. The van der Waals surface area contributed by atoms with Crippen molar-refractivity contribution in [1.29, 1.82) is 0 Å². The van der Waals surface area contributed by atoms with Crippen molar-refractivity contribution >= 4 is 92.6 Å². The average molecular weight is 960 g/mol. The molecule has 2 aliphatic rings. The number of piperazine rings is 2. The summed E-state index contributed by atoms with van der Waals surface area (Å²) in [6, 6.07) is 20.4. The highest BCUT2D eigenvalue weighted by molar-refractivity contribution is 7.99. The fourth-order valence-electron chi connectivity index (χ4n) is 8.91. The number of benzene rings is 4. The number of aromatic amines is 2. The second-order valence-electron chi connectivity index (χ2n) is 17.7. The first-order valence-electron chi connectivity index (χ1n) is 22.4. The minimum atomic E-state index is -0.129. The van der Waals surface area contributed by atoms with Gasteiger partial charge in [0.25, 0.3) is 0 Å². The summed E-state index contributed by atoms with van der Waals surface area (Å²) in [5.41, 5.74) is 9.24. The number of carbonyl (C=O) groups is 4. The fourth-order valence-corrected chi connectivity index (χ4v) is 10.6. The zero-order valence-electron chi connectivity index (χ0n) is 38.8. The molecule has 67 heavy (non-hydrogen) atoms. The Balaban J connectivity index is 1.18. The van der Waals surface area contributed by atoms with Gasteiger partial charge in [0.1, 0.15) is 0 Å². The molecule has 12 nitrogen and oxygen atoms in total. The van der Waals surface area contributed by atoms with Crippen LogP contribution < -0.4 is 0 Å². The van der Waals surface area contributed by atoms with Gasteiger partial charge in [0, 0.05) is 147 Å². The average Bonchev–Trinajstić information content (AvgIpc) is 3.90. The van der Waals surface area contributed by atoms with E-state index in [0.29, 0.717) is 62.4 Å². The monoisotopic (exact) mass is 958 g/mol. The van der Waals surface area contributed by atoms with Crippen LogP contribution in [-0.4, -0.2) is 144 Å². The molecule has 8 rings (SSSR count). The van der Waals surface area contributed by atoms with Crippen molar-refractivity contribution in [3.63, 3.8) is 0 Å². The summed E-state index contributed by atoms with van der Waals surface area (Å²) in [6.45, 7) is 8.48. The molecule has 4 amide bonds. The molecule has 0 aliphatic carbocycles. The minimum absolute atomic E-state index is 0.00967. The zero-order chi connectivity index (χ0) is 47.5. The Bertz CT molecular complexity index is 2730. The first-order chi connectivity index (χ1) is 32.1. The molecule has 4 aromatic carbocycles. The molecule has 2 aromatic heterocycles. The summed E-state index contributed by atoms with van der Waals surface area (Å²) in [5.74, 6) is -0.239. The van der Waals surface area contributed by atoms with Crippen molar-refractivity contribution in [2.75, 3.05) is 80.5 Å². The van der Waals surface area contributed by atoms with Crippen LogP contribution in [0.4, 0.5) is 0 Å². The summed E-state index contributed by atoms with van der Waals surface area (Å²) < 4.78 is 0. The lowest BCUT2D eigenvalue weighted by atomic mass is 9.97. The van der Waals surface area contributed by atoms with Gasteiger partial charge in [0.05, 0.1) is 10.0 Å². The minimum Gasteiger partial charge on any atom is -0.361 e. The summed E-state index contributed by atoms with van der Waals surface area (Å²) in [7, 11) is 8.17. The van der Waals surface area contributed by atoms with Crippen molar-refractivity contribution in [3.8, 4) is 22.3 Å². The summed E-state index contributed by atoms with van der Waals surface area (Å²) in [5, 5.41) is 3.18. The molecule has 2 saturated heterocycles. The Hall–Kier alpha value is -5.83. The van der Waals surface area contributed by atoms with Crippen molar-refractivity contribution in [1.82, 2.24) is 39.4 Å². The number of amides is 4. The van der Waals surface area contributed by atoms with E-state index >= 15 is 0 Å². The van der Waals surface area contributed by atoms with Crippen LogP contribution in [0.15, 0.2) is 95.0 Å². The number of hydrogen-bond acceptors (Lipinski definition) is 7. The molecule has 6 aromatic rings. The molecule has 2 aliphatic heterocycles. The van der Waals surface area contributed by atoms with Crippen LogP contribution in [-0.2, 0) is 32.3 Å². The SMILES string of the molecule is CC(=O)N1CCN(C(=O)/C=C/c2ccc(Sc3ccc(/C=C/C(=O)N4CCN(C(C)=O)CC4)c(-c4ccc5[nH]cc(CN(C)C)c5c4)c3Cl)c(Cl)c2-c2ccc3[nH]cc(CN(C)C)c3c2)CC1. The van der Waals surface area contributed by atoms with Gasteiger partial charge in [-0.05, 0) is 110 Å². The van der Waals surface area contributed by atoms with Gasteiger partial charge in [-0.2, -0.15) is 0 Å². The number of hydrogen-bond donors (Lipinski definition) is 2. The maximum Gasteiger partial charge on any atom is 0.246 e. The molecule has 0 spiro atoms. The van der Waals surface area contributed by atoms with E-state index in [1.165, 1.54) is 11.8 Å². The van der Waals surface area contributed by atoms with Gasteiger partial charge in [-0.15, -0.1) is 0 Å². The third kappa shape index (κ3) is 10.7. The summed E-state index contributed by atoms with van der Waals surface area (Å²) >= 11 is 16.6. The Morgan fingerprint density at radius 2 is 0.940 bits per heavy atom. The van der Waals surface area contributed by atoms with E-state index in [9.17, 15) is 19.2 Å². The highest BCUT2D eigenvalue weighted by atomic mass is 35.5. The van der Waals surface area contributed by atoms with Crippen molar-refractivity contribution < 1.29 is 19.2 Å². The van der Waals surface area contributed by atoms with E-state index < -0.39 is 0 Å². The largest absolute Gasteiger partial charge is 0.361 e. The van der Waals surface area contributed by atoms with E-state index in [-0.39, 0.29) is 23.6 Å². The Morgan fingerprint density at radius 3 is 1.30 bits per heavy atom. The predicted molar refractivity (Wildman–Crippen MR) is 272 cm³/mol. The maximum atomic E-state index is 13.5. The van der Waals surface area contributed by atoms with Gasteiger partial charge >= 0.3 is 0 Å². The van der Waals surface area contributed by atoms with Crippen LogP contribution in [0.1, 0.15) is 36.1 Å². The summed E-state index contributed by atoms with van der Waals surface area (Å²) in [6.07, 6.45) is 10.9. The quantitative estimate of drug-likeness (QED) is 0.118. The van der Waals surface area contributed by atoms with E-state index in [4.69, 9.17) is 23.2 Å². The highest BCUT2D eigenvalue weighted by Gasteiger charge is 2.24. The van der Waals surface area contributed by atoms with Crippen LogP contribution >= 0.6 is 35.0 Å². The molecule has 2 fully saturated rings. The first kappa shape index (κ1) is 47.7. The van der Waals surface area contributed by atoms with Crippen LogP contribution in [0.2, 0.25) is 10.0 Å². The smallest absolute Gasteiger partial charge is 0.246 e. The lowest BCUT2D eigenvalue weighted by molar-refractivity contribution is -0.135. The molecule has 0 bridgehead atoms. The van der Waals surface area contributed by atoms with Gasteiger partial charge in [-0.1, -0.05) is 59.2 Å². The fraction of sp³-hybridized carbons (Fsp3) is 0.308. The number of carbonyl (C=O) groups excluding carboxylic acids is 4. The van der Waals surface area contributed by atoms with E-state index in [1.54, 1.807) is 45.6 Å². The summed E-state index contributed by atoms with van der Waals surface area (Å²) in [4.78, 5) is 70.6. The molecule has 0 saturated carbocycles. The molecule has 15 heteroatoms. The third-order valence-corrected chi connectivity index (χ3v) is 14.6. The third-order valence-electron chi connectivity index (χ3n) is 12.5. The molecular weight excluding hydrogens is 904 g/mol. The molecule has 0 radical (unpaired) electrons. The Labute approximate surface area is 406 Å². The Kier molecular flexibility index (Phi) is 14.6. The van der Waals surface area contributed by atoms with Crippen LogP contribution in [0.3, 0.4) is 0 Å². The molecule has 4 heterocycles. The zero-order valence-corrected chi connectivity index (χ0v) is 41.1. The Morgan fingerprint density at radius 1 is 0.567 bits per heavy atom. The van der Waals surface area contributed by atoms with Crippen molar-refractivity contribution in [3.05, 3.63) is 118 Å². The second kappa shape index (κ2) is 20.6. The number of nitrogens with one attached hydrogen (secondary N) is 2. The van der Waals surface area contributed by atoms with Crippen LogP contribution in [0, 0.1) is 0 Å². The number of aromatic nitrogens is 2. The van der Waals surface area contributed by atoms with E-state index in [1.807, 2.05) is 89.1 Å². The molecule has 2 N–H and O–H groups in total. The highest BCUT2D eigenvalue weighted by Crippen LogP contribution is 2.47. The van der Waals surface area contributed by atoms with Gasteiger partial charge in [0.2, 0.25) is 23.6 Å². The second-order valence-corrected chi connectivity index (χ2v) is 19.6. The molecular formula is C52H56Cl2N8O4S. The number of rotatable bonds is 12. The van der Waals surface area contributed by atoms with Crippen LogP contribution in [0.5, 0.6) is 0 Å². The van der Waals surface area contributed by atoms with E-state index in [0.717, 1.165) is 89.2 Å². The van der Waals surface area contributed by atoms with Gasteiger partial charge in [-0.25, -0.2) is 0 Å². The molecule has 348 valence electrons. The molecule has 0 atom stereocenters. The van der Waals surface area contributed by atoms with Crippen molar-refractivity contribution in [2.45, 2.75) is 36.7 Å². The lowest BCUT2D eigenvalue weighted by Crippen LogP contribution is -2.49. The topological polar surface area (TPSA) is 119 Å². The molecule has 0 unspecified atom stereocenters. The van der Waals surface area contributed by atoms with Gasteiger partial charge in [-0.3, -0.25) is 19.2 Å². The van der Waals surface area contributed by atoms with Gasteiger partial charge in [0.15, 0.2) is 0 Å². The van der Waals surface area contributed by atoms with Crippen molar-refractivity contribution in [2.24, 2.45) is 0 Å².